The Morgan fingerprint density at radius 1 is 1.10 bits per heavy atom. The monoisotopic (exact) mass is 267 g/mol. The molecule has 2 aromatic carbocycles. The van der Waals surface area contributed by atoms with Crippen molar-refractivity contribution in [2.24, 2.45) is 5.73 Å². The van der Waals surface area contributed by atoms with Crippen molar-refractivity contribution in [1.82, 2.24) is 0 Å². The van der Waals surface area contributed by atoms with Gasteiger partial charge in [-0.1, -0.05) is 49.7 Å². The third-order valence-electron chi connectivity index (χ3n) is 4.08. The van der Waals surface area contributed by atoms with E-state index in [4.69, 9.17) is 10.5 Å². The van der Waals surface area contributed by atoms with E-state index in [1.807, 2.05) is 0 Å². The van der Waals surface area contributed by atoms with E-state index in [0.717, 1.165) is 23.5 Å². The zero-order valence-corrected chi connectivity index (χ0v) is 12.3. The largest absolute Gasteiger partial charge is 0.492 e. The summed E-state index contributed by atoms with van der Waals surface area (Å²) < 4.78 is 5.73. The van der Waals surface area contributed by atoms with Crippen LogP contribution in [0.15, 0.2) is 42.5 Å². The summed E-state index contributed by atoms with van der Waals surface area (Å²) in [5.41, 5.74) is 11.3. The van der Waals surface area contributed by atoms with Crippen LogP contribution in [0.5, 0.6) is 5.75 Å². The Morgan fingerprint density at radius 2 is 1.85 bits per heavy atom. The van der Waals surface area contributed by atoms with Crippen LogP contribution in [0, 0.1) is 6.92 Å². The number of hydrogen-bond donors (Lipinski definition) is 1. The van der Waals surface area contributed by atoms with Crippen LogP contribution in [-0.2, 0) is 5.41 Å². The molecular weight excluding hydrogens is 246 g/mol. The van der Waals surface area contributed by atoms with Crippen molar-refractivity contribution < 1.29 is 4.74 Å². The average Bonchev–Trinajstić information content (AvgIpc) is 2.73. The lowest BCUT2D eigenvalue weighted by Crippen LogP contribution is -2.19. The van der Waals surface area contributed by atoms with Gasteiger partial charge >= 0.3 is 0 Å². The summed E-state index contributed by atoms with van der Waals surface area (Å²) in [6.45, 7) is 7.25. The van der Waals surface area contributed by atoms with Gasteiger partial charge in [-0.05, 0) is 30.2 Å². The highest BCUT2D eigenvalue weighted by molar-refractivity contribution is 5.47. The van der Waals surface area contributed by atoms with Gasteiger partial charge in [0.15, 0.2) is 0 Å². The highest BCUT2D eigenvalue weighted by Crippen LogP contribution is 2.39. The highest BCUT2D eigenvalue weighted by Gasteiger charge is 2.32. The van der Waals surface area contributed by atoms with Crippen molar-refractivity contribution in [1.29, 1.82) is 0 Å². The molecular formula is C18H21NO. The first kappa shape index (κ1) is 13.2. The van der Waals surface area contributed by atoms with Gasteiger partial charge < -0.3 is 10.5 Å². The standard InChI is InChI=1S/C18H21NO/c1-12-5-4-6-13(9-12)17(19)14-7-8-16-15(10-14)18(2,3)11-20-16/h4-10,17H,11,19H2,1-3H3. The molecule has 2 N–H and O–H groups in total. The van der Waals surface area contributed by atoms with Crippen LogP contribution >= 0.6 is 0 Å². The zero-order chi connectivity index (χ0) is 14.3. The second-order valence-corrected chi connectivity index (χ2v) is 6.32. The zero-order valence-electron chi connectivity index (χ0n) is 12.3. The lowest BCUT2D eigenvalue weighted by atomic mass is 9.85. The average molecular weight is 267 g/mol. The van der Waals surface area contributed by atoms with E-state index in [1.54, 1.807) is 0 Å². The van der Waals surface area contributed by atoms with Crippen molar-refractivity contribution in [3.63, 3.8) is 0 Å². The molecule has 1 atom stereocenters. The molecule has 0 spiro atoms. The third-order valence-corrected chi connectivity index (χ3v) is 4.08. The summed E-state index contributed by atoms with van der Waals surface area (Å²) in [6.07, 6.45) is 0. The summed E-state index contributed by atoms with van der Waals surface area (Å²) in [5.74, 6) is 0.996. The van der Waals surface area contributed by atoms with E-state index in [2.05, 4.69) is 63.2 Å². The molecule has 0 aromatic heterocycles. The molecule has 0 fully saturated rings. The Kier molecular flexibility index (Phi) is 3.06. The van der Waals surface area contributed by atoms with Crippen LogP contribution in [0.4, 0.5) is 0 Å². The normalized spacial score (nSPS) is 17.4. The van der Waals surface area contributed by atoms with Crippen molar-refractivity contribution in [3.8, 4) is 5.75 Å². The minimum atomic E-state index is -0.0865. The first-order valence-electron chi connectivity index (χ1n) is 7.07. The van der Waals surface area contributed by atoms with Crippen LogP contribution in [0.3, 0.4) is 0 Å². The van der Waals surface area contributed by atoms with Crippen LogP contribution in [0.25, 0.3) is 0 Å². The van der Waals surface area contributed by atoms with E-state index in [0.29, 0.717) is 0 Å². The maximum atomic E-state index is 6.43. The third kappa shape index (κ3) is 2.20. The Morgan fingerprint density at radius 3 is 2.60 bits per heavy atom. The Hall–Kier alpha value is -1.80. The molecule has 0 aliphatic carbocycles. The molecule has 1 aliphatic rings. The predicted octanol–water partition coefficient (Wildman–Crippen LogP) is 3.71. The summed E-state index contributed by atoms with van der Waals surface area (Å²) in [5, 5.41) is 0. The molecule has 2 aromatic rings. The van der Waals surface area contributed by atoms with Gasteiger partial charge in [0.1, 0.15) is 5.75 Å². The van der Waals surface area contributed by atoms with Gasteiger partial charge in [0.05, 0.1) is 12.6 Å². The SMILES string of the molecule is Cc1cccc(C(N)c2ccc3c(c2)C(C)(C)CO3)c1. The van der Waals surface area contributed by atoms with E-state index >= 15 is 0 Å². The molecule has 0 amide bonds. The predicted molar refractivity (Wildman–Crippen MR) is 82.2 cm³/mol. The summed E-state index contributed by atoms with van der Waals surface area (Å²) >= 11 is 0. The number of aryl methyl sites for hydroxylation is 1. The van der Waals surface area contributed by atoms with E-state index in [1.165, 1.54) is 11.1 Å². The molecule has 0 bridgehead atoms. The fourth-order valence-electron chi connectivity index (χ4n) is 2.79. The van der Waals surface area contributed by atoms with Crippen LogP contribution in [0.2, 0.25) is 0 Å². The molecule has 3 rings (SSSR count). The fraction of sp³-hybridized carbons (Fsp3) is 0.333. The van der Waals surface area contributed by atoms with Crippen LogP contribution in [-0.4, -0.2) is 6.61 Å². The number of hydrogen-bond acceptors (Lipinski definition) is 2. The van der Waals surface area contributed by atoms with Gasteiger partial charge in [0.2, 0.25) is 0 Å². The van der Waals surface area contributed by atoms with E-state index in [9.17, 15) is 0 Å². The fourth-order valence-corrected chi connectivity index (χ4v) is 2.79. The molecule has 2 heteroatoms. The van der Waals surface area contributed by atoms with Crippen LogP contribution < -0.4 is 10.5 Å². The molecule has 20 heavy (non-hydrogen) atoms. The van der Waals surface area contributed by atoms with Gasteiger partial charge in [0.25, 0.3) is 0 Å². The van der Waals surface area contributed by atoms with Gasteiger partial charge in [-0.25, -0.2) is 0 Å². The summed E-state index contributed by atoms with van der Waals surface area (Å²) in [6, 6.07) is 14.6. The number of ether oxygens (including phenoxy) is 1. The smallest absolute Gasteiger partial charge is 0.123 e. The minimum Gasteiger partial charge on any atom is -0.492 e. The van der Waals surface area contributed by atoms with Crippen molar-refractivity contribution >= 4 is 0 Å². The molecule has 1 unspecified atom stereocenters. The van der Waals surface area contributed by atoms with Gasteiger partial charge in [-0.3, -0.25) is 0 Å². The number of fused-ring (bicyclic) bond motifs is 1. The molecule has 0 radical (unpaired) electrons. The Labute approximate surface area is 120 Å². The maximum absolute atomic E-state index is 6.43. The Balaban J connectivity index is 1.99. The van der Waals surface area contributed by atoms with Crippen molar-refractivity contribution in [2.45, 2.75) is 32.2 Å². The first-order chi connectivity index (χ1) is 9.47. The molecule has 0 saturated heterocycles. The van der Waals surface area contributed by atoms with Gasteiger partial charge in [0, 0.05) is 11.0 Å². The summed E-state index contributed by atoms with van der Waals surface area (Å²) in [4.78, 5) is 0. The molecule has 1 heterocycles. The maximum Gasteiger partial charge on any atom is 0.123 e. The highest BCUT2D eigenvalue weighted by atomic mass is 16.5. The molecule has 1 aliphatic heterocycles. The topological polar surface area (TPSA) is 35.2 Å². The first-order valence-corrected chi connectivity index (χ1v) is 7.07. The van der Waals surface area contributed by atoms with E-state index in [-0.39, 0.29) is 11.5 Å². The van der Waals surface area contributed by atoms with Crippen molar-refractivity contribution in [3.05, 3.63) is 64.7 Å². The lowest BCUT2D eigenvalue weighted by Gasteiger charge is -2.18. The van der Waals surface area contributed by atoms with Gasteiger partial charge in [-0.2, -0.15) is 0 Å². The number of rotatable bonds is 2. The molecule has 2 nitrogen and oxygen atoms in total. The Bertz CT molecular complexity index is 646. The van der Waals surface area contributed by atoms with E-state index < -0.39 is 0 Å². The number of nitrogens with two attached hydrogens (primary N) is 1. The quantitative estimate of drug-likeness (QED) is 0.900. The molecule has 104 valence electrons. The van der Waals surface area contributed by atoms with Gasteiger partial charge in [-0.15, -0.1) is 0 Å². The summed E-state index contributed by atoms with van der Waals surface area (Å²) in [7, 11) is 0. The molecule has 0 saturated carbocycles. The number of benzene rings is 2. The lowest BCUT2D eigenvalue weighted by molar-refractivity contribution is 0.291. The minimum absolute atomic E-state index is 0.0671. The second kappa shape index (κ2) is 4.64. The van der Waals surface area contributed by atoms with Crippen molar-refractivity contribution in [2.75, 3.05) is 6.61 Å². The second-order valence-electron chi connectivity index (χ2n) is 6.32. The van der Waals surface area contributed by atoms with Crippen LogP contribution in [0.1, 0.15) is 42.1 Å².